The number of amides is 1. The van der Waals surface area contributed by atoms with Gasteiger partial charge in [0.1, 0.15) is 5.75 Å². The summed E-state index contributed by atoms with van der Waals surface area (Å²) in [4.78, 5) is 25.6. The Bertz CT molecular complexity index is 972. The number of carbonyl (C=O) groups is 2. The summed E-state index contributed by atoms with van der Waals surface area (Å²) in [5.41, 5.74) is 4.97. The van der Waals surface area contributed by atoms with Gasteiger partial charge in [0.15, 0.2) is 5.78 Å². The van der Waals surface area contributed by atoms with Crippen LogP contribution >= 0.6 is 0 Å². The van der Waals surface area contributed by atoms with Gasteiger partial charge >= 0.3 is 0 Å². The maximum atomic E-state index is 13.2. The van der Waals surface area contributed by atoms with Crippen LogP contribution in [0, 0.1) is 0 Å². The van der Waals surface area contributed by atoms with E-state index in [4.69, 9.17) is 4.74 Å². The molecule has 29 heavy (non-hydrogen) atoms. The molecule has 1 aliphatic carbocycles. The molecule has 1 aliphatic heterocycles. The maximum Gasteiger partial charge on any atom is 0.225 e. The highest BCUT2D eigenvalue weighted by molar-refractivity contribution is 6.02. The molecule has 0 bridgehead atoms. The van der Waals surface area contributed by atoms with Crippen LogP contribution in [0.25, 0.3) is 0 Å². The fourth-order valence-electron chi connectivity index (χ4n) is 4.49. The van der Waals surface area contributed by atoms with Gasteiger partial charge in [0.2, 0.25) is 5.91 Å². The smallest absolute Gasteiger partial charge is 0.225 e. The third kappa shape index (κ3) is 3.84. The van der Waals surface area contributed by atoms with Crippen molar-refractivity contribution in [2.75, 3.05) is 7.11 Å². The van der Waals surface area contributed by atoms with E-state index in [0.717, 1.165) is 28.1 Å². The summed E-state index contributed by atoms with van der Waals surface area (Å²) in [7, 11) is 1.64. The number of carbonyl (C=O) groups excluding carboxylic acids is 2. The monoisotopic (exact) mass is 389 g/mol. The normalized spacial score (nSPS) is 21.8. The standard InChI is InChI=1S/C25H27NO3/c1-15(2)16-7-9-17(10-8-16)21-14-24(28)26-22-12-19(13-23(27)25(21)22)18-5-4-6-20(11-18)29-3/h4-11,15,19,21H,12-14H2,1-3H3,(H,26,28). The lowest BCUT2D eigenvalue weighted by atomic mass is 9.73. The van der Waals surface area contributed by atoms with E-state index in [1.165, 1.54) is 5.56 Å². The van der Waals surface area contributed by atoms with Gasteiger partial charge in [-0.3, -0.25) is 9.59 Å². The van der Waals surface area contributed by atoms with Crippen LogP contribution in [0.15, 0.2) is 59.8 Å². The molecule has 0 saturated heterocycles. The molecular formula is C25H27NO3. The van der Waals surface area contributed by atoms with Crippen LogP contribution in [0.1, 0.15) is 67.6 Å². The van der Waals surface area contributed by atoms with E-state index in [-0.39, 0.29) is 23.5 Å². The predicted molar refractivity (Wildman–Crippen MR) is 113 cm³/mol. The summed E-state index contributed by atoms with van der Waals surface area (Å²) in [6.45, 7) is 4.32. The molecule has 4 heteroatoms. The molecule has 2 atom stereocenters. The minimum atomic E-state index is -0.154. The maximum absolute atomic E-state index is 13.2. The Kier molecular flexibility index (Phi) is 5.27. The van der Waals surface area contributed by atoms with Gasteiger partial charge in [0.05, 0.1) is 7.11 Å². The van der Waals surface area contributed by atoms with Gasteiger partial charge in [-0.1, -0.05) is 50.2 Å². The van der Waals surface area contributed by atoms with E-state index >= 15 is 0 Å². The van der Waals surface area contributed by atoms with Crippen LogP contribution in [0.2, 0.25) is 0 Å². The van der Waals surface area contributed by atoms with E-state index in [1.54, 1.807) is 7.11 Å². The van der Waals surface area contributed by atoms with Crippen molar-refractivity contribution < 1.29 is 14.3 Å². The molecule has 0 fully saturated rings. The topological polar surface area (TPSA) is 55.4 Å². The van der Waals surface area contributed by atoms with Crippen molar-refractivity contribution in [1.82, 2.24) is 5.32 Å². The summed E-state index contributed by atoms with van der Waals surface area (Å²) < 4.78 is 5.33. The Morgan fingerprint density at radius 3 is 2.41 bits per heavy atom. The van der Waals surface area contributed by atoms with Crippen LogP contribution < -0.4 is 10.1 Å². The average molecular weight is 389 g/mol. The molecule has 0 aromatic heterocycles. The highest BCUT2D eigenvalue weighted by Gasteiger charge is 2.38. The molecule has 2 aliphatic rings. The molecule has 2 aromatic rings. The van der Waals surface area contributed by atoms with Crippen LogP contribution in [-0.2, 0) is 9.59 Å². The first-order valence-corrected chi connectivity index (χ1v) is 10.3. The van der Waals surface area contributed by atoms with Crippen molar-refractivity contribution in [3.8, 4) is 5.75 Å². The third-order valence-electron chi connectivity index (χ3n) is 6.11. The number of ketones is 1. The number of allylic oxidation sites excluding steroid dienone is 2. The number of rotatable bonds is 4. The molecular weight excluding hydrogens is 362 g/mol. The lowest BCUT2D eigenvalue weighted by molar-refractivity contribution is -0.122. The number of benzene rings is 2. The summed E-state index contributed by atoms with van der Waals surface area (Å²) in [6.07, 6.45) is 1.46. The molecule has 1 N–H and O–H groups in total. The molecule has 0 saturated carbocycles. The fraction of sp³-hybridized carbons (Fsp3) is 0.360. The molecule has 2 aromatic carbocycles. The van der Waals surface area contributed by atoms with E-state index in [9.17, 15) is 9.59 Å². The summed E-state index contributed by atoms with van der Waals surface area (Å²) in [5, 5.41) is 3.00. The Morgan fingerprint density at radius 1 is 0.966 bits per heavy atom. The third-order valence-corrected chi connectivity index (χ3v) is 6.11. The van der Waals surface area contributed by atoms with Gasteiger partial charge < -0.3 is 10.1 Å². The summed E-state index contributed by atoms with van der Waals surface area (Å²) in [5.74, 6) is 1.26. The predicted octanol–water partition coefficient (Wildman–Crippen LogP) is 4.82. The SMILES string of the molecule is COc1cccc(C2CC(=O)C3=C(C2)NC(=O)CC3c2ccc(C(C)C)cc2)c1. The molecule has 150 valence electrons. The van der Waals surface area contributed by atoms with Crippen molar-refractivity contribution in [1.29, 1.82) is 0 Å². The molecule has 1 heterocycles. The largest absolute Gasteiger partial charge is 0.497 e. The number of Topliss-reactive ketones (excluding diaryl/α,β-unsaturated/α-hetero) is 1. The summed E-state index contributed by atoms with van der Waals surface area (Å²) in [6, 6.07) is 16.2. The zero-order valence-corrected chi connectivity index (χ0v) is 17.2. The molecule has 0 radical (unpaired) electrons. The Labute approximate surface area is 172 Å². The summed E-state index contributed by atoms with van der Waals surface area (Å²) >= 11 is 0. The van der Waals surface area contributed by atoms with Crippen molar-refractivity contribution in [2.24, 2.45) is 0 Å². The van der Waals surface area contributed by atoms with Gasteiger partial charge in [-0.05, 0) is 47.1 Å². The number of hydrogen-bond acceptors (Lipinski definition) is 3. The zero-order valence-electron chi connectivity index (χ0n) is 17.2. The van der Waals surface area contributed by atoms with E-state index in [0.29, 0.717) is 25.2 Å². The minimum absolute atomic E-state index is 0.0132. The lowest BCUT2D eigenvalue weighted by Crippen LogP contribution is -2.38. The second-order valence-electron chi connectivity index (χ2n) is 8.32. The van der Waals surface area contributed by atoms with Crippen molar-refractivity contribution in [3.63, 3.8) is 0 Å². The van der Waals surface area contributed by atoms with Gasteiger partial charge in [-0.25, -0.2) is 0 Å². The molecule has 1 amide bonds. The van der Waals surface area contributed by atoms with Crippen molar-refractivity contribution in [3.05, 3.63) is 76.5 Å². The van der Waals surface area contributed by atoms with Crippen LogP contribution in [0.3, 0.4) is 0 Å². The fourth-order valence-corrected chi connectivity index (χ4v) is 4.49. The lowest BCUT2D eigenvalue weighted by Gasteiger charge is -2.34. The minimum Gasteiger partial charge on any atom is -0.497 e. The number of nitrogens with one attached hydrogen (secondary N) is 1. The van der Waals surface area contributed by atoms with Gasteiger partial charge in [-0.15, -0.1) is 0 Å². The molecule has 4 nitrogen and oxygen atoms in total. The van der Waals surface area contributed by atoms with Gasteiger partial charge in [-0.2, -0.15) is 0 Å². The first kappa shape index (κ1) is 19.4. The van der Waals surface area contributed by atoms with Crippen molar-refractivity contribution in [2.45, 2.75) is 50.9 Å². The average Bonchev–Trinajstić information content (AvgIpc) is 2.72. The Balaban J connectivity index is 1.67. The Hall–Kier alpha value is -2.88. The first-order valence-electron chi connectivity index (χ1n) is 10.3. The molecule has 2 unspecified atom stereocenters. The second-order valence-corrected chi connectivity index (χ2v) is 8.32. The molecule has 0 spiro atoms. The quantitative estimate of drug-likeness (QED) is 0.815. The number of ether oxygens (including phenoxy) is 1. The van der Waals surface area contributed by atoms with E-state index < -0.39 is 0 Å². The second kappa shape index (κ2) is 7.86. The first-order chi connectivity index (χ1) is 14.0. The zero-order chi connectivity index (χ0) is 20.5. The van der Waals surface area contributed by atoms with Crippen LogP contribution in [0.5, 0.6) is 5.75 Å². The highest BCUT2D eigenvalue weighted by Crippen LogP contribution is 2.43. The number of methoxy groups -OCH3 is 1. The Morgan fingerprint density at radius 2 is 1.72 bits per heavy atom. The van der Waals surface area contributed by atoms with Gasteiger partial charge in [0.25, 0.3) is 0 Å². The molecule has 4 rings (SSSR count). The highest BCUT2D eigenvalue weighted by atomic mass is 16.5. The number of hydrogen-bond donors (Lipinski definition) is 1. The van der Waals surface area contributed by atoms with E-state index in [2.05, 4.69) is 43.4 Å². The van der Waals surface area contributed by atoms with Gasteiger partial charge in [0, 0.05) is 30.0 Å². The van der Waals surface area contributed by atoms with Crippen molar-refractivity contribution >= 4 is 11.7 Å². The van der Waals surface area contributed by atoms with Crippen LogP contribution in [-0.4, -0.2) is 18.8 Å². The van der Waals surface area contributed by atoms with E-state index in [1.807, 2.05) is 24.3 Å². The van der Waals surface area contributed by atoms with Crippen LogP contribution in [0.4, 0.5) is 0 Å².